The number of hydrogen-bond donors (Lipinski definition) is 0. The molecule has 34 heavy (non-hydrogen) atoms. The summed E-state index contributed by atoms with van der Waals surface area (Å²) in [7, 11) is 0. The Bertz CT molecular complexity index is 1340. The van der Waals surface area contributed by atoms with Gasteiger partial charge in [-0.15, -0.1) is 0 Å². The zero-order chi connectivity index (χ0) is 24.5. The lowest BCUT2D eigenvalue weighted by Gasteiger charge is -2.11. The Hall–Kier alpha value is -4.27. The third-order valence-corrected chi connectivity index (χ3v) is 4.35. The van der Waals surface area contributed by atoms with E-state index in [9.17, 15) is 26.3 Å². The van der Waals surface area contributed by atoms with Gasteiger partial charge in [0.15, 0.2) is 5.76 Å². The number of furan rings is 1. The lowest BCUT2D eigenvalue weighted by atomic mass is 10.1. The quantitative estimate of drug-likeness (QED) is 0.295. The van der Waals surface area contributed by atoms with Crippen LogP contribution in [0.25, 0.3) is 34.9 Å². The summed E-state index contributed by atoms with van der Waals surface area (Å²) in [6, 6.07) is 7.49. The van der Waals surface area contributed by atoms with Crippen molar-refractivity contribution in [3.8, 4) is 34.6 Å². The van der Waals surface area contributed by atoms with Crippen LogP contribution in [-0.2, 0) is 12.4 Å². The number of nitrogens with zero attached hydrogens (tertiary/aromatic N) is 5. The molecule has 0 unspecified atom stereocenters. The fraction of sp³-hybridized carbons (Fsp3) is 0.136. The summed E-state index contributed by atoms with van der Waals surface area (Å²) in [6.07, 6.45) is -6.34. The predicted molar refractivity (Wildman–Crippen MR) is 108 cm³/mol. The van der Waals surface area contributed by atoms with E-state index in [2.05, 4.69) is 37.2 Å². The maximum absolute atomic E-state index is 12.9. The van der Waals surface area contributed by atoms with Gasteiger partial charge in [-0.25, -0.2) is 0 Å². The van der Waals surface area contributed by atoms with Crippen LogP contribution in [-0.4, -0.2) is 15.2 Å². The molecule has 174 valence electrons. The molecule has 0 saturated carbocycles. The van der Waals surface area contributed by atoms with Crippen molar-refractivity contribution in [1.82, 2.24) is 25.4 Å². The highest BCUT2D eigenvalue weighted by Crippen LogP contribution is 2.32. The van der Waals surface area contributed by atoms with E-state index in [1.165, 1.54) is 12.1 Å². The Kier molecular flexibility index (Phi) is 5.78. The molecule has 4 rings (SSSR count). The number of aromatic nitrogens is 5. The maximum Gasteiger partial charge on any atom is 0.431 e. The maximum atomic E-state index is 12.9. The van der Waals surface area contributed by atoms with Crippen molar-refractivity contribution < 1.29 is 30.8 Å². The molecular weight excluding hydrogens is 464 g/mol. The first-order valence-corrected chi connectivity index (χ1v) is 9.41. The topological polar surface area (TPSA) is 80.0 Å². The molecule has 0 aliphatic heterocycles. The Morgan fingerprint density at radius 3 is 1.85 bits per heavy atom. The summed E-state index contributed by atoms with van der Waals surface area (Å²) >= 11 is 0. The van der Waals surface area contributed by atoms with Gasteiger partial charge in [0.05, 0.1) is 11.4 Å². The number of pyridine rings is 1. The van der Waals surface area contributed by atoms with Crippen LogP contribution in [0.5, 0.6) is 0 Å². The molecule has 0 bridgehead atoms. The lowest BCUT2D eigenvalue weighted by Crippen LogP contribution is -2.04. The van der Waals surface area contributed by atoms with Crippen LogP contribution >= 0.6 is 0 Å². The normalized spacial score (nSPS) is 12.2. The molecule has 0 aromatic carbocycles. The standard InChI is InChI=1S/C22H11F6N5O/c1-2-3-13-6-7-14(34-13)5-4-12-8-15(17-10-19(32-30-17)21(23,24)25)29-16(9-12)18-11-20(33-31-18)22(26,27)28/h4-11H,1H3/q-2/b5-4+. The average molecular weight is 475 g/mol. The van der Waals surface area contributed by atoms with E-state index in [-0.39, 0.29) is 22.8 Å². The molecule has 0 aliphatic carbocycles. The first-order chi connectivity index (χ1) is 16.0. The molecule has 4 aromatic heterocycles. The highest BCUT2D eigenvalue weighted by molar-refractivity contribution is 5.74. The molecule has 12 heteroatoms. The minimum absolute atomic E-state index is 0.0475. The van der Waals surface area contributed by atoms with Crippen molar-refractivity contribution >= 4 is 12.2 Å². The van der Waals surface area contributed by atoms with Crippen LogP contribution in [0.1, 0.15) is 35.4 Å². The first kappa shape index (κ1) is 22.9. The fourth-order valence-electron chi connectivity index (χ4n) is 2.84. The Morgan fingerprint density at radius 2 is 1.38 bits per heavy atom. The second-order valence-corrected chi connectivity index (χ2v) is 6.81. The third-order valence-electron chi connectivity index (χ3n) is 4.35. The van der Waals surface area contributed by atoms with Crippen molar-refractivity contribution in [2.45, 2.75) is 19.3 Å². The lowest BCUT2D eigenvalue weighted by molar-refractivity contribution is -0.142. The SMILES string of the molecule is CC#Cc1ccc(/C=C/c2cc(-c3cc(C(F)(F)F)n[n-]3)nc(-c3cc(C(F)(F)F)n[n-]3)c2)o1. The summed E-state index contributed by atoms with van der Waals surface area (Å²) in [4.78, 5) is 4.13. The Labute approximate surface area is 187 Å². The van der Waals surface area contributed by atoms with Crippen LogP contribution in [0.4, 0.5) is 26.3 Å². The van der Waals surface area contributed by atoms with E-state index in [0.717, 1.165) is 0 Å². The molecule has 6 nitrogen and oxygen atoms in total. The second-order valence-electron chi connectivity index (χ2n) is 6.81. The average Bonchev–Trinajstić information content (AvgIpc) is 3.52. The number of alkyl halides is 6. The van der Waals surface area contributed by atoms with Gasteiger partial charge in [0.2, 0.25) is 0 Å². The minimum Gasteiger partial charge on any atom is -0.573 e. The number of halogens is 6. The van der Waals surface area contributed by atoms with Gasteiger partial charge in [0, 0.05) is 0 Å². The molecule has 0 aliphatic rings. The highest BCUT2D eigenvalue weighted by atomic mass is 19.4. The van der Waals surface area contributed by atoms with E-state index in [1.807, 2.05) is 0 Å². The van der Waals surface area contributed by atoms with E-state index in [0.29, 0.717) is 29.2 Å². The summed E-state index contributed by atoms with van der Waals surface area (Å²) < 4.78 is 83.1. The molecule has 0 saturated heterocycles. The van der Waals surface area contributed by atoms with Crippen molar-refractivity contribution in [2.24, 2.45) is 0 Å². The summed E-state index contributed by atoms with van der Waals surface area (Å²) in [5.74, 6) is 6.28. The van der Waals surface area contributed by atoms with E-state index in [4.69, 9.17) is 4.42 Å². The van der Waals surface area contributed by atoms with Crippen molar-refractivity contribution in [3.05, 3.63) is 64.9 Å². The van der Waals surface area contributed by atoms with Gasteiger partial charge in [-0.2, -0.15) is 26.3 Å². The fourth-order valence-corrected chi connectivity index (χ4v) is 2.84. The zero-order valence-corrected chi connectivity index (χ0v) is 17.0. The smallest absolute Gasteiger partial charge is 0.431 e. The van der Waals surface area contributed by atoms with Gasteiger partial charge in [0.1, 0.15) is 17.1 Å². The molecule has 0 N–H and O–H groups in total. The van der Waals surface area contributed by atoms with Crippen molar-refractivity contribution in [2.75, 3.05) is 0 Å². The van der Waals surface area contributed by atoms with Crippen LogP contribution < -0.4 is 10.2 Å². The van der Waals surface area contributed by atoms with Gasteiger partial charge >= 0.3 is 12.4 Å². The second kappa shape index (κ2) is 8.58. The Balaban J connectivity index is 1.77. The number of hydrogen-bond acceptors (Lipinski definition) is 4. The van der Waals surface area contributed by atoms with E-state index < -0.39 is 23.7 Å². The largest absolute Gasteiger partial charge is 0.573 e. The van der Waals surface area contributed by atoms with Gasteiger partial charge in [0.25, 0.3) is 0 Å². The molecule has 4 aromatic rings. The monoisotopic (exact) mass is 475 g/mol. The molecule has 0 fully saturated rings. The molecule has 0 amide bonds. The third kappa shape index (κ3) is 5.03. The van der Waals surface area contributed by atoms with E-state index >= 15 is 0 Å². The van der Waals surface area contributed by atoms with Crippen molar-refractivity contribution in [1.29, 1.82) is 0 Å². The van der Waals surface area contributed by atoms with Gasteiger partial charge in [-0.3, -0.25) is 4.98 Å². The number of rotatable bonds is 4. The zero-order valence-electron chi connectivity index (χ0n) is 17.0. The van der Waals surface area contributed by atoms with Crippen LogP contribution in [0.3, 0.4) is 0 Å². The molecule has 0 radical (unpaired) electrons. The van der Waals surface area contributed by atoms with Gasteiger partial charge in [-0.1, -0.05) is 23.4 Å². The summed E-state index contributed by atoms with van der Waals surface area (Å²) in [6.45, 7) is 1.64. The molecular formula is C22H11F6N5O-2. The van der Waals surface area contributed by atoms with Gasteiger partial charge < -0.3 is 24.8 Å². The highest BCUT2D eigenvalue weighted by Gasteiger charge is 2.32. The van der Waals surface area contributed by atoms with Gasteiger partial charge in [-0.05, 0) is 60.9 Å². The molecule has 4 heterocycles. The van der Waals surface area contributed by atoms with Crippen LogP contribution in [0.15, 0.2) is 40.8 Å². The van der Waals surface area contributed by atoms with Crippen molar-refractivity contribution in [3.63, 3.8) is 0 Å². The first-order valence-electron chi connectivity index (χ1n) is 9.41. The minimum atomic E-state index is -4.72. The van der Waals surface area contributed by atoms with Crippen LogP contribution in [0.2, 0.25) is 0 Å². The van der Waals surface area contributed by atoms with Crippen LogP contribution in [0, 0.1) is 11.8 Å². The van der Waals surface area contributed by atoms with E-state index in [1.54, 1.807) is 31.2 Å². The Morgan fingerprint density at radius 1 is 0.824 bits per heavy atom. The molecule has 0 atom stereocenters. The summed E-state index contributed by atoms with van der Waals surface area (Å²) in [5, 5.41) is 13.2. The predicted octanol–water partition coefficient (Wildman–Crippen LogP) is 5.29. The summed E-state index contributed by atoms with van der Waals surface area (Å²) in [5.41, 5.74) is -2.58. The molecule has 0 spiro atoms.